The minimum atomic E-state index is -0.595. The van der Waals surface area contributed by atoms with Crippen molar-refractivity contribution >= 4 is 21.9 Å². The average molecular weight is 479 g/mol. The Morgan fingerprint density at radius 1 is 0.703 bits per heavy atom. The Kier molecular flexibility index (Phi) is 4.71. The van der Waals surface area contributed by atoms with Crippen molar-refractivity contribution in [2.75, 3.05) is 0 Å². The fraction of sp³-hybridized carbons (Fsp3) is 0.118. The molecule has 0 radical (unpaired) electrons. The Morgan fingerprint density at radius 2 is 1.38 bits per heavy atom. The van der Waals surface area contributed by atoms with Gasteiger partial charge in [0.2, 0.25) is 0 Å². The summed E-state index contributed by atoms with van der Waals surface area (Å²) in [7, 11) is 0. The molecule has 0 spiro atoms. The molecule has 0 N–H and O–H groups in total. The quantitative estimate of drug-likeness (QED) is 0.249. The van der Waals surface area contributed by atoms with Gasteiger partial charge in [0.1, 0.15) is 5.65 Å². The molecular formula is C34H26N2O. The maximum atomic E-state index is 13.9. The van der Waals surface area contributed by atoms with Crippen molar-refractivity contribution in [3.05, 3.63) is 153 Å². The summed E-state index contributed by atoms with van der Waals surface area (Å²) in [6, 6.07) is 38.1. The topological polar surface area (TPSA) is 34.9 Å². The van der Waals surface area contributed by atoms with E-state index in [1.165, 1.54) is 22.3 Å². The molecule has 4 aromatic carbocycles. The lowest BCUT2D eigenvalue weighted by Gasteiger charge is -2.42. The predicted molar refractivity (Wildman–Crippen MR) is 151 cm³/mol. The first-order valence-corrected chi connectivity index (χ1v) is 12.8. The maximum Gasteiger partial charge on any atom is 0.198 e. The van der Waals surface area contributed by atoms with Crippen LogP contribution in [-0.2, 0) is 5.41 Å². The van der Waals surface area contributed by atoms with Crippen molar-refractivity contribution in [2.24, 2.45) is 0 Å². The first-order chi connectivity index (χ1) is 18.1. The molecule has 0 amide bonds. The molecule has 3 heteroatoms. The van der Waals surface area contributed by atoms with E-state index in [0.29, 0.717) is 17.0 Å². The van der Waals surface area contributed by atoms with Gasteiger partial charge in [0.15, 0.2) is 5.43 Å². The lowest BCUT2D eigenvalue weighted by Crippen LogP contribution is -2.36. The molecule has 3 heterocycles. The third-order valence-electron chi connectivity index (χ3n) is 7.90. The molecule has 0 saturated heterocycles. The number of nitrogens with zero attached hydrogens (tertiary/aromatic N) is 2. The van der Waals surface area contributed by atoms with Crippen LogP contribution in [0.3, 0.4) is 0 Å². The Bertz CT molecular complexity index is 1830. The molecule has 0 saturated carbocycles. The van der Waals surface area contributed by atoms with Crippen LogP contribution >= 0.6 is 0 Å². The minimum absolute atomic E-state index is 0.0229. The predicted octanol–water partition coefficient (Wildman–Crippen LogP) is 7.36. The highest BCUT2D eigenvalue weighted by Gasteiger charge is 2.45. The van der Waals surface area contributed by atoms with Crippen LogP contribution in [0.15, 0.2) is 120 Å². The van der Waals surface area contributed by atoms with E-state index in [2.05, 4.69) is 103 Å². The number of fused-ring (bicyclic) bond motifs is 4. The molecule has 0 atom stereocenters. The van der Waals surface area contributed by atoms with E-state index in [-0.39, 0.29) is 5.43 Å². The van der Waals surface area contributed by atoms with Crippen LogP contribution in [-0.4, -0.2) is 9.55 Å². The van der Waals surface area contributed by atoms with Gasteiger partial charge < -0.3 is 0 Å². The summed E-state index contributed by atoms with van der Waals surface area (Å²) in [5.41, 5.74) is 8.01. The van der Waals surface area contributed by atoms with Gasteiger partial charge in [0, 0.05) is 11.6 Å². The highest BCUT2D eigenvalue weighted by atomic mass is 16.1. The molecule has 7 rings (SSSR count). The van der Waals surface area contributed by atoms with Gasteiger partial charge in [-0.25, -0.2) is 4.98 Å². The molecule has 0 aliphatic carbocycles. The Hall–Kier alpha value is -4.50. The molecule has 178 valence electrons. The zero-order valence-corrected chi connectivity index (χ0v) is 20.8. The maximum absolute atomic E-state index is 13.9. The molecule has 0 bridgehead atoms. The number of benzene rings is 4. The molecule has 3 nitrogen and oxygen atoms in total. The summed E-state index contributed by atoms with van der Waals surface area (Å²) in [5.74, 6) is 0.361. The summed E-state index contributed by atoms with van der Waals surface area (Å²) in [5, 5.41) is 1.36. The zero-order valence-electron chi connectivity index (χ0n) is 20.8. The fourth-order valence-electron chi connectivity index (χ4n) is 6.23. The number of hydrogen-bond acceptors (Lipinski definition) is 2. The molecule has 6 aromatic rings. The van der Waals surface area contributed by atoms with E-state index < -0.39 is 5.41 Å². The molecule has 1 aliphatic heterocycles. The van der Waals surface area contributed by atoms with E-state index in [1.54, 1.807) is 6.20 Å². The number of aromatic nitrogens is 2. The number of para-hydroxylation sites is 1. The molecule has 2 aromatic heterocycles. The fourth-order valence-corrected chi connectivity index (χ4v) is 6.23. The standard InChI is InChI=1S/C34H26N2O/c1-22(2)23-18-19-28-30(21-23)36-31-26(32(37)27-16-10-20-35-33(27)36)15-9-17-29(31)34(28,24-11-5-3-6-12-24)25-13-7-4-8-14-25/h3-22H,1-2H3. The summed E-state index contributed by atoms with van der Waals surface area (Å²) < 4.78 is 2.23. The second-order valence-electron chi connectivity index (χ2n) is 10.2. The number of rotatable bonds is 3. The van der Waals surface area contributed by atoms with Gasteiger partial charge in [-0.15, -0.1) is 0 Å². The largest absolute Gasteiger partial charge is 0.293 e. The monoisotopic (exact) mass is 478 g/mol. The lowest BCUT2D eigenvalue weighted by molar-refractivity contribution is 0.722. The van der Waals surface area contributed by atoms with Crippen molar-refractivity contribution in [1.82, 2.24) is 9.55 Å². The summed E-state index contributed by atoms with van der Waals surface area (Å²) >= 11 is 0. The van der Waals surface area contributed by atoms with Gasteiger partial charge in [-0.3, -0.25) is 9.36 Å². The number of pyridine rings is 2. The zero-order chi connectivity index (χ0) is 25.1. The lowest BCUT2D eigenvalue weighted by atomic mass is 9.62. The first kappa shape index (κ1) is 21.8. The van der Waals surface area contributed by atoms with Crippen LogP contribution in [0.1, 0.15) is 47.6 Å². The Morgan fingerprint density at radius 3 is 2.05 bits per heavy atom. The van der Waals surface area contributed by atoms with E-state index >= 15 is 0 Å². The highest BCUT2D eigenvalue weighted by molar-refractivity contribution is 5.99. The first-order valence-electron chi connectivity index (χ1n) is 12.8. The highest BCUT2D eigenvalue weighted by Crippen LogP contribution is 2.52. The molecular weight excluding hydrogens is 452 g/mol. The van der Waals surface area contributed by atoms with E-state index in [1.807, 2.05) is 24.3 Å². The molecule has 1 aliphatic rings. The van der Waals surface area contributed by atoms with Gasteiger partial charge in [0.05, 0.1) is 22.0 Å². The normalized spacial score (nSPS) is 13.7. The van der Waals surface area contributed by atoms with Gasteiger partial charge in [-0.2, -0.15) is 0 Å². The van der Waals surface area contributed by atoms with E-state index in [4.69, 9.17) is 4.98 Å². The molecule has 37 heavy (non-hydrogen) atoms. The van der Waals surface area contributed by atoms with Crippen molar-refractivity contribution in [1.29, 1.82) is 0 Å². The summed E-state index contributed by atoms with van der Waals surface area (Å²) in [6.07, 6.45) is 1.78. The minimum Gasteiger partial charge on any atom is -0.293 e. The van der Waals surface area contributed by atoms with E-state index in [0.717, 1.165) is 22.2 Å². The van der Waals surface area contributed by atoms with Gasteiger partial charge in [-0.05, 0) is 58.0 Å². The van der Waals surface area contributed by atoms with Gasteiger partial charge in [-0.1, -0.05) is 98.8 Å². The van der Waals surface area contributed by atoms with Gasteiger partial charge in [0.25, 0.3) is 0 Å². The third kappa shape index (κ3) is 2.88. The average Bonchev–Trinajstić information content (AvgIpc) is 2.95. The number of hydrogen-bond donors (Lipinski definition) is 0. The van der Waals surface area contributed by atoms with Crippen LogP contribution in [0.25, 0.3) is 27.6 Å². The smallest absolute Gasteiger partial charge is 0.198 e. The molecule has 0 unspecified atom stereocenters. The van der Waals surface area contributed by atoms with Crippen LogP contribution in [0.4, 0.5) is 0 Å². The second kappa shape index (κ2) is 8.01. The van der Waals surface area contributed by atoms with Crippen molar-refractivity contribution in [2.45, 2.75) is 25.2 Å². The summed E-state index contributed by atoms with van der Waals surface area (Å²) in [6.45, 7) is 4.44. The SMILES string of the molecule is CC(C)c1ccc2c(c1)-n1c3ncccc3c(=O)c3cccc(c31)C2(c1ccccc1)c1ccccc1. The Labute approximate surface area is 215 Å². The third-order valence-corrected chi connectivity index (χ3v) is 7.90. The van der Waals surface area contributed by atoms with Crippen LogP contribution in [0.2, 0.25) is 0 Å². The van der Waals surface area contributed by atoms with Crippen molar-refractivity contribution < 1.29 is 0 Å². The van der Waals surface area contributed by atoms with Crippen molar-refractivity contribution in [3.63, 3.8) is 0 Å². The molecule has 0 fully saturated rings. The van der Waals surface area contributed by atoms with Gasteiger partial charge >= 0.3 is 0 Å². The van der Waals surface area contributed by atoms with Crippen LogP contribution in [0, 0.1) is 0 Å². The van der Waals surface area contributed by atoms with Crippen LogP contribution < -0.4 is 5.43 Å². The second-order valence-corrected chi connectivity index (χ2v) is 10.2. The Balaban J connectivity index is 1.81. The van der Waals surface area contributed by atoms with Crippen molar-refractivity contribution in [3.8, 4) is 5.69 Å². The van der Waals surface area contributed by atoms with Crippen LogP contribution in [0.5, 0.6) is 0 Å². The summed E-state index contributed by atoms with van der Waals surface area (Å²) in [4.78, 5) is 18.6. The van der Waals surface area contributed by atoms with E-state index in [9.17, 15) is 4.79 Å².